The average Bonchev–Trinajstić information content (AvgIpc) is 2.94. The molecule has 3 rings (SSSR count). The molecule has 104 valence electrons. The number of hydrogen-bond donors (Lipinski definition) is 1. The van der Waals surface area contributed by atoms with Gasteiger partial charge >= 0.3 is 0 Å². The normalized spacial score (nSPS) is 24.8. The molecule has 1 aromatic rings. The molecule has 4 nitrogen and oxygen atoms in total. The van der Waals surface area contributed by atoms with E-state index in [9.17, 15) is 0 Å². The van der Waals surface area contributed by atoms with E-state index in [1.165, 1.54) is 18.5 Å². The smallest absolute Gasteiger partial charge is 0.0702 e. The summed E-state index contributed by atoms with van der Waals surface area (Å²) in [5.74, 6) is 0. The van der Waals surface area contributed by atoms with Gasteiger partial charge in [-0.05, 0) is 37.1 Å². The van der Waals surface area contributed by atoms with Gasteiger partial charge < -0.3 is 15.4 Å². The summed E-state index contributed by atoms with van der Waals surface area (Å²) in [5, 5.41) is 0. The van der Waals surface area contributed by atoms with Crippen LogP contribution in [0.25, 0.3) is 0 Å². The molecule has 0 aliphatic carbocycles. The average molecular weight is 261 g/mol. The third kappa shape index (κ3) is 3.19. The second kappa shape index (κ2) is 5.80. The van der Waals surface area contributed by atoms with Crippen LogP contribution < -0.4 is 10.6 Å². The Labute approximate surface area is 115 Å². The van der Waals surface area contributed by atoms with E-state index >= 15 is 0 Å². The Kier molecular flexibility index (Phi) is 3.89. The van der Waals surface area contributed by atoms with Crippen molar-refractivity contribution in [2.45, 2.75) is 18.9 Å². The van der Waals surface area contributed by atoms with Crippen LogP contribution in [-0.2, 0) is 4.74 Å². The van der Waals surface area contributed by atoms with E-state index in [1.54, 1.807) is 0 Å². The molecule has 19 heavy (non-hydrogen) atoms. The second-order valence-electron chi connectivity index (χ2n) is 5.51. The summed E-state index contributed by atoms with van der Waals surface area (Å²) in [4.78, 5) is 4.97. The van der Waals surface area contributed by atoms with Crippen LogP contribution in [0.15, 0.2) is 24.3 Å². The van der Waals surface area contributed by atoms with Crippen LogP contribution in [0.5, 0.6) is 0 Å². The van der Waals surface area contributed by atoms with Crippen molar-refractivity contribution >= 4 is 11.4 Å². The summed E-state index contributed by atoms with van der Waals surface area (Å²) in [6.07, 6.45) is 2.94. The molecule has 0 aromatic heterocycles. The molecule has 2 aliphatic rings. The van der Waals surface area contributed by atoms with Crippen LogP contribution in [0.4, 0.5) is 11.4 Å². The molecule has 0 amide bonds. The lowest BCUT2D eigenvalue weighted by Crippen LogP contribution is -2.48. The van der Waals surface area contributed by atoms with Gasteiger partial charge in [-0.1, -0.05) is 0 Å². The lowest BCUT2D eigenvalue weighted by molar-refractivity contribution is 0.0713. The van der Waals surface area contributed by atoms with E-state index in [2.05, 4.69) is 21.9 Å². The molecule has 0 radical (unpaired) electrons. The Morgan fingerprint density at radius 2 is 1.84 bits per heavy atom. The van der Waals surface area contributed by atoms with E-state index < -0.39 is 0 Å². The Balaban J connectivity index is 1.50. The van der Waals surface area contributed by atoms with Crippen LogP contribution in [-0.4, -0.2) is 50.3 Å². The highest BCUT2D eigenvalue weighted by atomic mass is 16.5. The zero-order valence-corrected chi connectivity index (χ0v) is 11.4. The lowest BCUT2D eigenvalue weighted by Gasteiger charge is -2.37. The van der Waals surface area contributed by atoms with Gasteiger partial charge in [0, 0.05) is 50.7 Å². The summed E-state index contributed by atoms with van der Waals surface area (Å²) >= 11 is 0. The molecule has 2 saturated heterocycles. The van der Waals surface area contributed by atoms with Crippen molar-refractivity contribution < 1.29 is 4.74 Å². The maximum Gasteiger partial charge on any atom is 0.0702 e. The SMILES string of the molecule is Nc1ccc(N2CCN(CC3CCCO3)CC2)cc1. The number of benzene rings is 1. The van der Waals surface area contributed by atoms with E-state index in [-0.39, 0.29) is 0 Å². The molecule has 0 bridgehead atoms. The minimum atomic E-state index is 0.475. The number of nitrogens with zero attached hydrogens (tertiary/aromatic N) is 2. The van der Waals surface area contributed by atoms with Crippen molar-refractivity contribution in [1.82, 2.24) is 4.90 Å². The number of rotatable bonds is 3. The molecule has 4 heteroatoms. The Morgan fingerprint density at radius 1 is 1.11 bits per heavy atom. The zero-order chi connectivity index (χ0) is 13.1. The van der Waals surface area contributed by atoms with Crippen molar-refractivity contribution in [2.75, 3.05) is 50.0 Å². The first-order valence-electron chi connectivity index (χ1n) is 7.26. The van der Waals surface area contributed by atoms with Crippen LogP contribution in [0.3, 0.4) is 0 Å². The summed E-state index contributed by atoms with van der Waals surface area (Å²) < 4.78 is 5.71. The van der Waals surface area contributed by atoms with Gasteiger partial charge in [0.2, 0.25) is 0 Å². The number of hydrogen-bond acceptors (Lipinski definition) is 4. The monoisotopic (exact) mass is 261 g/mol. The highest BCUT2D eigenvalue weighted by molar-refractivity contribution is 5.53. The molecular formula is C15H23N3O. The molecule has 2 heterocycles. The molecule has 0 saturated carbocycles. The minimum Gasteiger partial charge on any atom is -0.399 e. The van der Waals surface area contributed by atoms with Crippen molar-refractivity contribution in [3.05, 3.63) is 24.3 Å². The highest BCUT2D eigenvalue weighted by Crippen LogP contribution is 2.19. The van der Waals surface area contributed by atoms with E-state index in [0.29, 0.717) is 6.10 Å². The summed E-state index contributed by atoms with van der Waals surface area (Å²) in [5.41, 5.74) is 7.85. The predicted octanol–water partition coefficient (Wildman–Crippen LogP) is 1.57. The number of nitrogens with two attached hydrogens (primary N) is 1. The molecule has 1 unspecified atom stereocenters. The first kappa shape index (κ1) is 12.8. The maximum absolute atomic E-state index is 5.73. The molecule has 2 N–H and O–H groups in total. The van der Waals surface area contributed by atoms with Gasteiger partial charge in [0.1, 0.15) is 0 Å². The summed E-state index contributed by atoms with van der Waals surface area (Å²) in [6, 6.07) is 8.19. The topological polar surface area (TPSA) is 41.7 Å². The van der Waals surface area contributed by atoms with Crippen LogP contribution in [0.1, 0.15) is 12.8 Å². The van der Waals surface area contributed by atoms with Gasteiger partial charge in [-0.15, -0.1) is 0 Å². The van der Waals surface area contributed by atoms with Gasteiger partial charge in [-0.3, -0.25) is 4.90 Å². The van der Waals surface area contributed by atoms with Gasteiger partial charge in [-0.25, -0.2) is 0 Å². The van der Waals surface area contributed by atoms with Crippen LogP contribution in [0.2, 0.25) is 0 Å². The Morgan fingerprint density at radius 3 is 2.47 bits per heavy atom. The highest BCUT2D eigenvalue weighted by Gasteiger charge is 2.22. The number of nitrogen functional groups attached to an aromatic ring is 1. The van der Waals surface area contributed by atoms with E-state index in [4.69, 9.17) is 10.5 Å². The molecule has 2 aliphatic heterocycles. The van der Waals surface area contributed by atoms with Gasteiger partial charge in [0.15, 0.2) is 0 Å². The molecule has 2 fully saturated rings. The fourth-order valence-electron chi connectivity index (χ4n) is 2.95. The summed E-state index contributed by atoms with van der Waals surface area (Å²) in [7, 11) is 0. The quantitative estimate of drug-likeness (QED) is 0.839. The van der Waals surface area contributed by atoms with Crippen LogP contribution in [0, 0.1) is 0 Å². The molecule has 1 atom stereocenters. The van der Waals surface area contributed by atoms with E-state index in [0.717, 1.165) is 45.0 Å². The fraction of sp³-hybridized carbons (Fsp3) is 0.600. The number of piperazine rings is 1. The number of ether oxygens (including phenoxy) is 1. The standard InChI is InChI=1S/C15H23N3O/c16-13-3-5-14(6-4-13)18-9-7-17(8-10-18)12-15-2-1-11-19-15/h3-6,15H,1-2,7-12,16H2. The first-order valence-corrected chi connectivity index (χ1v) is 7.26. The van der Waals surface area contributed by atoms with Crippen molar-refractivity contribution in [2.24, 2.45) is 0 Å². The second-order valence-corrected chi connectivity index (χ2v) is 5.51. The summed E-state index contributed by atoms with van der Waals surface area (Å²) in [6.45, 7) is 6.51. The van der Waals surface area contributed by atoms with Crippen molar-refractivity contribution in [1.29, 1.82) is 0 Å². The Bertz CT molecular complexity index is 392. The fourth-order valence-corrected chi connectivity index (χ4v) is 2.95. The third-order valence-corrected chi connectivity index (χ3v) is 4.12. The predicted molar refractivity (Wildman–Crippen MR) is 78.5 cm³/mol. The number of anilines is 2. The first-order chi connectivity index (χ1) is 9.31. The largest absolute Gasteiger partial charge is 0.399 e. The lowest BCUT2D eigenvalue weighted by atomic mass is 10.2. The zero-order valence-electron chi connectivity index (χ0n) is 11.4. The molecule has 0 spiro atoms. The van der Waals surface area contributed by atoms with Crippen LogP contribution >= 0.6 is 0 Å². The maximum atomic E-state index is 5.73. The Hall–Kier alpha value is -1.26. The molecule has 1 aromatic carbocycles. The molecular weight excluding hydrogens is 238 g/mol. The van der Waals surface area contributed by atoms with Gasteiger partial charge in [0.25, 0.3) is 0 Å². The van der Waals surface area contributed by atoms with Gasteiger partial charge in [0.05, 0.1) is 6.10 Å². The van der Waals surface area contributed by atoms with Crippen molar-refractivity contribution in [3.8, 4) is 0 Å². The third-order valence-electron chi connectivity index (χ3n) is 4.12. The van der Waals surface area contributed by atoms with E-state index in [1.807, 2.05) is 12.1 Å². The van der Waals surface area contributed by atoms with Crippen molar-refractivity contribution in [3.63, 3.8) is 0 Å². The minimum absolute atomic E-state index is 0.475. The van der Waals surface area contributed by atoms with Gasteiger partial charge in [-0.2, -0.15) is 0 Å².